The molecule has 0 aromatic carbocycles. The van der Waals surface area contributed by atoms with E-state index in [1.54, 1.807) is 12.1 Å². The number of aromatic nitrogens is 1. The van der Waals surface area contributed by atoms with Gasteiger partial charge in [-0.2, -0.15) is 0 Å². The van der Waals surface area contributed by atoms with Gasteiger partial charge in [0.1, 0.15) is 5.82 Å². The molecule has 0 bridgehead atoms. The fraction of sp³-hybridized carbons (Fsp3) is 0.762. The fourth-order valence-electron chi connectivity index (χ4n) is 3.06. The van der Waals surface area contributed by atoms with E-state index >= 15 is 0 Å². The van der Waals surface area contributed by atoms with Crippen LogP contribution in [0.2, 0.25) is 0 Å². The normalized spacial score (nSPS) is 10.7. The van der Waals surface area contributed by atoms with E-state index < -0.39 is 0 Å². The average molecular weight is 379 g/mol. The SMILES string of the molecule is CCCCCCCCNc1ccc([N+](=O)[O-])c(NCCCCCCCC)n1. The Kier molecular flexibility index (Phi) is 13.1. The van der Waals surface area contributed by atoms with Gasteiger partial charge in [0.15, 0.2) is 0 Å². The van der Waals surface area contributed by atoms with Crippen LogP contribution >= 0.6 is 0 Å². The predicted octanol–water partition coefficient (Wildman–Crippen LogP) is 6.53. The molecule has 0 atom stereocenters. The van der Waals surface area contributed by atoms with Crippen LogP contribution in [0.3, 0.4) is 0 Å². The van der Waals surface area contributed by atoms with Crippen LogP contribution in [0.5, 0.6) is 0 Å². The highest BCUT2D eigenvalue weighted by molar-refractivity contribution is 5.60. The lowest BCUT2D eigenvalue weighted by atomic mass is 10.1. The van der Waals surface area contributed by atoms with E-state index in [1.807, 2.05) is 0 Å². The summed E-state index contributed by atoms with van der Waals surface area (Å²) in [5.74, 6) is 1.08. The minimum Gasteiger partial charge on any atom is -0.370 e. The Morgan fingerprint density at radius 3 is 1.89 bits per heavy atom. The molecule has 0 aliphatic carbocycles. The van der Waals surface area contributed by atoms with E-state index in [0.717, 1.165) is 32.4 Å². The molecule has 1 aromatic rings. The molecule has 6 nitrogen and oxygen atoms in total. The number of rotatable bonds is 17. The first-order chi connectivity index (χ1) is 13.2. The zero-order valence-electron chi connectivity index (χ0n) is 17.3. The van der Waals surface area contributed by atoms with E-state index in [-0.39, 0.29) is 10.6 Å². The molecule has 1 rings (SSSR count). The van der Waals surface area contributed by atoms with E-state index in [4.69, 9.17) is 0 Å². The zero-order chi connectivity index (χ0) is 19.7. The second-order valence-corrected chi connectivity index (χ2v) is 7.21. The Hall–Kier alpha value is -1.85. The van der Waals surface area contributed by atoms with Crippen molar-refractivity contribution in [1.82, 2.24) is 4.98 Å². The Balaban J connectivity index is 2.38. The third kappa shape index (κ3) is 10.8. The maximum absolute atomic E-state index is 11.2. The minimum absolute atomic E-state index is 0.0473. The van der Waals surface area contributed by atoms with E-state index in [9.17, 15) is 10.1 Å². The molecule has 0 unspecified atom stereocenters. The largest absolute Gasteiger partial charge is 0.370 e. The molecular weight excluding hydrogens is 340 g/mol. The Morgan fingerprint density at radius 1 is 0.815 bits per heavy atom. The Morgan fingerprint density at radius 2 is 1.33 bits per heavy atom. The van der Waals surface area contributed by atoms with Gasteiger partial charge in [0.05, 0.1) is 4.92 Å². The van der Waals surface area contributed by atoms with Gasteiger partial charge in [-0.1, -0.05) is 78.1 Å². The number of anilines is 2. The third-order valence-corrected chi connectivity index (χ3v) is 4.73. The number of pyridine rings is 1. The van der Waals surface area contributed by atoms with Crippen molar-refractivity contribution in [1.29, 1.82) is 0 Å². The summed E-state index contributed by atoms with van der Waals surface area (Å²) in [5.41, 5.74) is 0.0473. The van der Waals surface area contributed by atoms with Crippen molar-refractivity contribution in [2.75, 3.05) is 23.7 Å². The van der Waals surface area contributed by atoms with Crippen molar-refractivity contribution in [2.45, 2.75) is 90.9 Å². The monoisotopic (exact) mass is 378 g/mol. The summed E-state index contributed by atoms with van der Waals surface area (Å²) < 4.78 is 0. The maximum Gasteiger partial charge on any atom is 0.311 e. The lowest BCUT2D eigenvalue weighted by Gasteiger charge is -2.10. The lowest BCUT2D eigenvalue weighted by molar-refractivity contribution is -0.384. The number of unbranched alkanes of at least 4 members (excludes halogenated alkanes) is 10. The highest BCUT2D eigenvalue weighted by Gasteiger charge is 2.15. The molecule has 0 aliphatic rings. The molecule has 0 saturated heterocycles. The first-order valence-electron chi connectivity index (χ1n) is 10.8. The van der Waals surface area contributed by atoms with Crippen LogP contribution < -0.4 is 10.6 Å². The number of nitrogens with one attached hydrogen (secondary N) is 2. The molecule has 0 spiro atoms. The Bertz CT molecular complexity index is 523. The summed E-state index contributed by atoms with van der Waals surface area (Å²) in [4.78, 5) is 15.3. The van der Waals surface area contributed by atoms with Crippen LogP contribution in [-0.4, -0.2) is 23.0 Å². The summed E-state index contributed by atoms with van der Waals surface area (Å²) in [7, 11) is 0. The van der Waals surface area contributed by atoms with E-state index in [1.165, 1.54) is 57.8 Å². The summed E-state index contributed by atoms with van der Waals surface area (Å²) in [6.45, 7) is 6.01. The highest BCUT2D eigenvalue weighted by Crippen LogP contribution is 2.24. The van der Waals surface area contributed by atoms with Gasteiger partial charge in [0, 0.05) is 19.2 Å². The lowest BCUT2D eigenvalue weighted by Crippen LogP contribution is -2.09. The first kappa shape index (κ1) is 23.2. The van der Waals surface area contributed by atoms with Gasteiger partial charge in [0.2, 0.25) is 5.82 Å². The van der Waals surface area contributed by atoms with Gasteiger partial charge in [-0.15, -0.1) is 0 Å². The molecule has 0 saturated carbocycles. The van der Waals surface area contributed by atoms with Crippen molar-refractivity contribution >= 4 is 17.3 Å². The van der Waals surface area contributed by atoms with Crippen LogP contribution in [-0.2, 0) is 0 Å². The van der Waals surface area contributed by atoms with Gasteiger partial charge < -0.3 is 10.6 Å². The number of nitrogens with zero attached hydrogens (tertiary/aromatic N) is 2. The van der Waals surface area contributed by atoms with Gasteiger partial charge in [0.25, 0.3) is 0 Å². The average Bonchev–Trinajstić information content (AvgIpc) is 2.66. The van der Waals surface area contributed by atoms with Crippen molar-refractivity contribution in [3.63, 3.8) is 0 Å². The van der Waals surface area contributed by atoms with Crippen LogP contribution in [0.4, 0.5) is 17.3 Å². The second kappa shape index (κ2) is 15.2. The summed E-state index contributed by atoms with van der Waals surface area (Å²) in [5, 5.41) is 17.7. The molecule has 1 aromatic heterocycles. The smallest absolute Gasteiger partial charge is 0.311 e. The molecule has 27 heavy (non-hydrogen) atoms. The first-order valence-corrected chi connectivity index (χ1v) is 10.8. The van der Waals surface area contributed by atoms with Crippen LogP contribution in [0.25, 0.3) is 0 Å². The quantitative estimate of drug-likeness (QED) is 0.183. The molecule has 1 heterocycles. The van der Waals surface area contributed by atoms with Gasteiger partial charge in [-0.3, -0.25) is 10.1 Å². The van der Waals surface area contributed by atoms with Gasteiger partial charge in [-0.05, 0) is 18.9 Å². The van der Waals surface area contributed by atoms with Crippen LogP contribution in [0.1, 0.15) is 90.9 Å². The molecule has 154 valence electrons. The van der Waals surface area contributed by atoms with E-state index in [2.05, 4.69) is 29.5 Å². The predicted molar refractivity (Wildman–Crippen MR) is 115 cm³/mol. The standard InChI is InChI=1S/C21H38N4O2/c1-3-5-7-9-11-13-17-22-20-16-15-19(25(26)27)21(24-20)23-18-14-12-10-8-6-4-2/h15-16H,3-14,17-18H2,1-2H3,(H2,22,23,24). The van der Waals surface area contributed by atoms with Crippen molar-refractivity contribution < 1.29 is 4.92 Å². The molecule has 0 amide bonds. The summed E-state index contributed by atoms with van der Waals surface area (Å²) in [6.07, 6.45) is 14.6. The molecule has 0 radical (unpaired) electrons. The molecular formula is C21H38N4O2. The van der Waals surface area contributed by atoms with Crippen LogP contribution in [0, 0.1) is 10.1 Å². The Labute approximate surface area is 164 Å². The minimum atomic E-state index is -0.367. The number of hydrogen-bond donors (Lipinski definition) is 2. The third-order valence-electron chi connectivity index (χ3n) is 4.73. The number of nitro groups is 1. The second-order valence-electron chi connectivity index (χ2n) is 7.21. The number of hydrogen-bond acceptors (Lipinski definition) is 5. The summed E-state index contributed by atoms with van der Waals surface area (Å²) >= 11 is 0. The topological polar surface area (TPSA) is 80.1 Å². The van der Waals surface area contributed by atoms with Gasteiger partial charge in [-0.25, -0.2) is 4.98 Å². The van der Waals surface area contributed by atoms with E-state index in [0.29, 0.717) is 11.6 Å². The summed E-state index contributed by atoms with van der Waals surface area (Å²) in [6, 6.07) is 3.24. The molecule has 6 heteroatoms. The van der Waals surface area contributed by atoms with Gasteiger partial charge >= 0.3 is 5.69 Å². The fourth-order valence-corrected chi connectivity index (χ4v) is 3.06. The molecule has 0 fully saturated rings. The zero-order valence-corrected chi connectivity index (χ0v) is 17.3. The highest BCUT2D eigenvalue weighted by atomic mass is 16.6. The van der Waals surface area contributed by atoms with Crippen LogP contribution in [0.15, 0.2) is 12.1 Å². The molecule has 2 N–H and O–H groups in total. The molecule has 0 aliphatic heterocycles. The van der Waals surface area contributed by atoms with Crippen molar-refractivity contribution in [2.24, 2.45) is 0 Å². The van der Waals surface area contributed by atoms with Crippen molar-refractivity contribution in [3.8, 4) is 0 Å². The van der Waals surface area contributed by atoms with Crippen molar-refractivity contribution in [3.05, 3.63) is 22.2 Å². The maximum atomic E-state index is 11.2.